The van der Waals surface area contributed by atoms with Gasteiger partial charge in [0.2, 0.25) is 0 Å². The Balaban J connectivity index is 4.05. The van der Waals surface area contributed by atoms with Crippen LogP contribution in [0.5, 0.6) is 0 Å². The maximum absolute atomic E-state index is 11.7. The minimum absolute atomic E-state index is 0.292. The fourth-order valence-electron chi connectivity index (χ4n) is 1.79. The summed E-state index contributed by atoms with van der Waals surface area (Å²) in [4.78, 5) is 23.4. The topological polar surface area (TPSA) is 52.6 Å². The number of unbranched alkanes of at least 4 members (excludes halogenated alkanes) is 4. The van der Waals surface area contributed by atoms with Crippen LogP contribution in [-0.4, -0.2) is 30.5 Å². The summed E-state index contributed by atoms with van der Waals surface area (Å²) in [6.07, 6.45) is 5.87. The molecule has 19 heavy (non-hydrogen) atoms. The first-order chi connectivity index (χ1) is 9.17. The molecule has 0 aliphatic rings. The van der Waals surface area contributed by atoms with Gasteiger partial charge in [0, 0.05) is 5.33 Å². The van der Waals surface area contributed by atoms with Crippen molar-refractivity contribution in [2.24, 2.45) is 5.92 Å². The van der Waals surface area contributed by atoms with Gasteiger partial charge in [-0.05, 0) is 26.7 Å². The van der Waals surface area contributed by atoms with Crippen LogP contribution in [0, 0.1) is 5.92 Å². The molecule has 0 N–H and O–H groups in total. The lowest BCUT2D eigenvalue weighted by Gasteiger charge is -2.14. The molecule has 4 nitrogen and oxygen atoms in total. The van der Waals surface area contributed by atoms with Crippen molar-refractivity contribution in [3.05, 3.63) is 0 Å². The van der Waals surface area contributed by atoms with Crippen molar-refractivity contribution in [1.29, 1.82) is 0 Å². The van der Waals surface area contributed by atoms with E-state index in [1.54, 1.807) is 13.8 Å². The van der Waals surface area contributed by atoms with Gasteiger partial charge in [-0.15, -0.1) is 0 Å². The quantitative estimate of drug-likeness (QED) is 0.251. The van der Waals surface area contributed by atoms with E-state index in [2.05, 4.69) is 15.9 Å². The SMILES string of the molecule is CCOC(=O)C(CCCCCCCBr)C(=O)OCC. The summed E-state index contributed by atoms with van der Waals surface area (Å²) in [5, 5.41) is 1.03. The molecular weight excluding hydrogens is 312 g/mol. The van der Waals surface area contributed by atoms with Crippen LogP contribution >= 0.6 is 15.9 Å². The van der Waals surface area contributed by atoms with Gasteiger partial charge in [0.15, 0.2) is 5.92 Å². The smallest absolute Gasteiger partial charge is 0.320 e. The molecule has 0 aliphatic heterocycles. The monoisotopic (exact) mass is 336 g/mol. The van der Waals surface area contributed by atoms with E-state index < -0.39 is 17.9 Å². The molecule has 0 aliphatic carbocycles. The molecular formula is C14H25BrO4. The average molecular weight is 337 g/mol. The molecule has 0 atom stereocenters. The molecule has 0 rings (SSSR count). The predicted molar refractivity (Wildman–Crippen MR) is 78.3 cm³/mol. The van der Waals surface area contributed by atoms with E-state index in [1.165, 1.54) is 12.8 Å². The highest BCUT2D eigenvalue weighted by atomic mass is 79.9. The van der Waals surface area contributed by atoms with Crippen molar-refractivity contribution in [1.82, 2.24) is 0 Å². The minimum atomic E-state index is -0.754. The zero-order valence-electron chi connectivity index (χ0n) is 12.0. The van der Waals surface area contributed by atoms with Gasteiger partial charge >= 0.3 is 11.9 Å². The summed E-state index contributed by atoms with van der Waals surface area (Å²) >= 11 is 3.39. The minimum Gasteiger partial charge on any atom is -0.465 e. The zero-order chi connectivity index (χ0) is 14.5. The van der Waals surface area contributed by atoms with Crippen LogP contribution in [0.3, 0.4) is 0 Å². The van der Waals surface area contributed by atoms with Crippen molar-refractivity contribution in [2.45, 2.75) is 52.4 Å². The van der Waals surface area contributed by atoms with Crippen LogP contribution in [0.2, 0.25) is 0 Å². The lowest BCUT2D eigenvalue weighted by Crippen LogP contribution is -2.28. The third-order valence-electron chi connectivity index (χ3n) is 2.77. The second-order valence-electron chi connectivity index (χ2n) is 4.30. The molecule has 0 amide bonds. The molecule has 0 aromatic heterocycles. The van der Waals surface area contributed by atoms with Crippen molar-refractivity contribution in [2.75, 3.05) is 18.5 Å². The van der Waals surface area contributed by atoms with E-state index in [-0.39, 0.29) is 0 Å². The van der Waals surface area contributed by atoms with Crippen LogP contribution in [-0.2, 0) is 19.1 Å². The Morgan fingerprint density at radius 3 is 1.84 bits per heavy atom. The molecule has 112 valence electrons. The van der Waals surface area contributed by atoms with Crippen molar-refractivity contribution in [3.63, 3.8) is 0 Å². The number of esters is 2. The van der Waals surface area contributed by atoms with Gasteiger partial charge in [-0.2, -0.15) is 0 Å². The van der Waals surface area contributed by atoms with Crippen LogP contribution in [0.4, 0.5) is 0 Å². The number of hydrogen-bond acceptors (Lipinski definition) is 4. The highest BCUT2D eigenvalue weighted by Gasteiger charge is 2.28. The number of rotatable bonds is 11. The molecule has 0 saturated carbocycles. The second kappa shape index (κ2) is 12.5. The normalized spacial score (nSPS) is 10.5. The Morgan fingerprint density at radius 2 is 1.37 bits per heavy atom. The molecule has 0 saturated heterocycles. The number of hydrogen-bond donors (Lipinski definition) is 0. The maximum Gasteiger partial charge on any atom is 0.320 e. The fraction of sp³-hybridized carbons (Fsp3) is 0.857. The van der Waals surface area contributed by atoms with Crippen LogP contribution in [0.15, 0.2) is 0 Å². The molecule has 0 unspecified atom stereocenters. The molecule has 0 aromatic rings. The number of carbonyl (C=O) groups is 2. The summed E-state index contributed by atoms with van der Waals surface area (Å²) in [6.45, 7) is 4.06. The lowest BCUT2D eigenvalue weighted by molar-refractivity contribution is -0.161. The summed E-state index contributed by atoms with van der Waals surface area (Å²) in [5.41, 5.74) is 0. The molecule has 0 bridgehead atoms. The van der Waals surface area contributed by atoms with Gasteiger partial charge in [0.05, 0.1) is 13.2 Å². The van der Waals surface area contributed by atoms with Crippen LogP contribution < -0.4 is 0 Å². The Kier molecular flexibility index (Phi) is 12.1. The zero-order valence-corrected chi connectivity index (χ0v) is 13.5. The molecule has 0 fully saturated rings. The standard InChI is InChI=1S/C14H25BrO4/c1-3-18-13(16)12(14(17)19-4-2)10-8-6-5-7-9-11-15/h12H,3-11H2,1-2H3. The fourth-order valence-corrected chi connectivity index (χ4v) is 2.19. The van der Waals surface area contributed by atoms with E-state index in [4.69, 9.17) is 9.47 Å². The molecule has 0 radical (unpaired) electrons. The van der Waals surface area contributed by atoms with Gasteiger partial charge in [0.1, 0.15) is 0 Å². The number of carbonyl (C=O) groups excluding carboxylic acids is 2. The van der Waals surface area contributed by atoms with Gasteiger partial charge in [-0.25, -0.2) is 0 Å². The highest BCUT2D eigenvalue weighted by Crippen LogP contribution is 2.15. The van der Waals surface area contributed by atoms with Gasteiger partial charge in [-0.3, -0.25) is 9.59 Å². The van der Waals surface area contributed by atoms with Gasteiger partial charge in [-0.1, -0.05) is 41.6 Å². The molecule has 0 heterocycles. The third-order valence-corrected chi connectivity index (χ3v) is 3.33. The maximum atomic E-state index is 11.7. The average Bonchev–Trinajstić information content (AvgIpc) is 2.38. The van der Waals surface area contributed by atoms with Crippen LogP contribution in [0.25, 0.3) is 0 Å². The Morgan fingerprint density at radius 1 is 0.895 bits per heavy atom. The Bertz CT molecular complexity index is 238. The second-order valence-corrected chi connectivity index (χ2v) is 5.10. The Hall–Kier alpha value is -0.580. The van der Waals surface area contributed by atoms with E-state index in [0.29, 0.717) is 19.6 Å². The van der Waals surface area contributed by atoms with E-state index in [0.717, 1.165) is 24.6 Å². The van der Waals surface area contributed by atoms with Gasteiger partial charge < -0.3 is 9.47 Å². The molecule has 0 aromatic carbocycles. The first-order valence-corrected chi connectivity index (χ1v) is 8.18. The number of ether oxygens (including phenoxy) is 2. The summed E-state index contributed by atoms with van der Waals surface area (Å²) in [6, 6.07) is 0. The van der Waals surface area contributed by atoms with Gasteiger partial charge in [0.25, 0.3) is 0 Å². The van der Waals surface area contributed by atoms with Crippen molar-refractivity contribution >= 4 is 27.9 Å². The first-order valence-electron chi connectivity index (χ1n) is 7.06. The third kappa shape index (κ3) is 9.03. The largest absolute Gasteiger partial charge is 0.465 e. The number of halogens is 1. The summed E-state index contributed by atoms with van der Waals surface area (Å²) in [7, 11) is 0. The van der Waals surface area contributed by atoms with Crippen molar-refractivity contribution in [3.8, 4) is 0 Å². The van der Waals surface area contributed by atoms with E-state index >= 15 is 0 Å². The molecule has 5 heteroatoms. The Labute approximate surface area is 124 Å². The van der Waals surface area contributed by atoms with Crippen molar-refractivity contribution < 1.29 is 19.1 Å². The predicted octanol–water partition coefficient (Wildman–Crippen LogP) is 3.46. The van der Waals surface area contributed by atoms with Crippen LogP contribution in [0.1, 0.15) is 52.4 Å². The highest BCUT2D eigenvalue weighted by molar-refractivity contribution is 9.09. The summed E-state index contributed by atoms with van der Waals surface area (Å²) < 4.78 is 9.84. The van der Waals surface area contributed by atoms with E-state index in [9.17, 15) is 9.59 Å². The number of alkyl halides is 1. The summed E-state index contributed by atoms with van der Waals surface area (Å²) in [5.74, 6) is -1.67. The van der Waals surface area contributed by atoms with E-state index in [1.807, 2.05) is 0 Å². The first kappa shape index (κ1) is 18.4. The molecule has 0 spiro atoms. The lowest BCUT2D eigenvalue weighted by atomic mass is 10.0.